The first-order valence-electron chi connectivity index (χ1n) is 5.97. The number of halogens is 1. The molecule has 1 aromatic carbocycles. The van der Waals surface area contributed by atoms with E-state index in [9.17, 15) is 8.42 Å². The summed E-state index contributed by atoms with van der Waals surface area (Å²) < 4.78 is 27.2. The van der Waals surface area contributed by atoms with Gasteiger partial charge in [0.2, 0.25) is 10.0 Å². The van der Waals surface area contributed by atoms with Crippen LogP contribution < -0.4 is 10.5 Å². The zero-order chi connectivity index (χ0) is 14.8. The van der Waals surface area contributed by atoms with Crippen LogP contribution >= 0.6 is 22.9 Å². The molecule has 1 atom stereocenters. The van der Waals surface area contributed by atoms with Crippen LogP contribution in [0.4, 0.5) is 5.69 Å². The Morgan fingerprint density at radius 3 is 2.75 bits per heavy atom. The molecule has 2 aromatic rings. The Balaban J connectivity index is 2.14. The Kier molecular flexibility index (Phi) is 4.70. The van der Waals surface area contributed by atoms with Crippen LogP contribution in [0.3, 0.4) is 0 Å². The highest BCUT2D eigenvalue weighted by atomic mass is 35.5. The maximum Gasteiger partial charge on any atom is 0.242 e. The highest BCUT2D eigenvalue weighted by Crippen LogP contribution is 2.24. The average molecular weight is 331 g/mol. The van der Waals surface area contributed by atoms with Crippen molar-refractivity contribution < 1.29 is 8.42 Å². The smallest absolute Gasteiger partial charge is 0.242 e. The van der Waals surface area contributed by atoms with Crippen LogP contribution in [0.25, 0.3) is 0 Å². The molecule has 7 heteroatoms. The summed E-state index contributed by atoms with van der Waals surface area (Å²) in [5.74, 6) is 0. The quantitative estimate of drug-likeness (QED) is 0.828. The van der Waals surface area contributed by atoms with E-state index >= 15 is 0 Å². The van der Waals surface area contributed by atoms with Gasteiger partial charge in [-0.15, -0.1) is 0 Å². The Bertz CT molecular complexity index is 684. The molecule has 0 aliphatic carbocycles. The van der Waals surface area contributed by atoms with E-state index in [2.05, 4.69) is 4.72 Å². The van der Waals surface area contributed by atoms with Crippen molar-refractivity contribution in [2.24, 2.45) is 0 Å². The van der Waals surface area contributed by atoms with Crippen molar-refractivity contribution >= 4 is 38.6 Å². The van der Waals surface area contributed by atoms with Gasteiger partial charge in [0.15, 0.2) is 0 Å². The van der Waals surface area contributed by atoms with Gasteiger partial charge in [0, 0.05) is 11.7 Å². The average Bonchev–Trinajstić information content (AvgIpc) is 2.79. The van der Waals surface area contributed by atoms with Crippen LogP contribution in [0.5, 0.6) is 0 Å². The van der Waals surface area contributed by atoms with Crippen molar-refractivity contribution in [2.75, 3.05) is 5.73 Å². The topological polar surface area (TPSA) is 72.2 Å². The molecule has 2 rings (SSSR count). The van der Waals surface area contributed by atoms with E-state index in [1.54, 1.807) is 11.3 Å². The minimum atomic E-state index is -3.64. The lowest BCUT2D eigenvalue weighted by molar-refractivity contribution is 0.560. The predicted octanol–water partition coefficient (Wildman–Crippen LogP) is 2.89. The molecule has 0 fully saturated rings. The number of anilines is 1. The molecular formula is C13H15ClN2O2S2. The number of nitrogen functional groups attached to an aromatic ring is 1. The van der Waals surface area contributed by atoms with E-state index in [1.807, 2.05) is 23.8 Å². The molecule has 1 heterocycles. The summed E-state index contributed by atoms with van der Waals surface area (Å²) in [4.78, 5) is 0.0468. The van der Waals surface area contributed by atoms with Gasteiger partial charge in [0.25, 0.3) is 0 Å². The molecule has 4 nitrogen and oxygen atoms in total. The first kappa shape index (κ1) is 15.3. The minimum absolute atomic E-state index is 0.0468. The van der Waals surface area contributed by atoms with E-state index in [0.29, 0.717) is 12.1 Å². The number of rotatable bonds is 5. The van der Waals surface area contributed by atoms with Crippen molar-refractivity contribution in [2.45, 2.75) is 24.3 Å². The number of nitrogens with one attached hydrogen (secondary N) is 1. The zero-order valence-electron chi connectivity index (χ0n) is 10.8. The molecule has 0 aliphatic heterocycles. The van der Waals surface area contributed by atoms with E-state index in [4.69, 9.17) is 17.3 Å². The molecule has 1 unspecified atom stereocenters. The van der Waals surface area contributed by atoms with Crippen LogP contribution in [0.1, 0.15) is 12.5 Å². The molecule has 0 saturated heterocycles. The maximum absolute atomic E-state index is 12.3. The van der Waals surface area contributed by atoms with Gasteiger partial charge in [-0.1, -0.05) is 11.6 Å². The fourth-order valence-corrected chi connectivity index (χ4v) is 4.35. The highest BCUT2D eigenvalue weighted by Gasteiger charge is 2.20. The van der Waals surface area contributed by atoms with Crippen molar-refractivity contribution in [3.05, 3.63) is 45.6 Å². The summed E-state index contributed by atoms with van der Waals surface area (Å²) in [5.41, 5.74) is 7.10. The van der Waals surface area contributed by atoms with Crippen LogP contribution in [0.15, 0.2) is 39.9 Å². The maximum atomic E-state index is 12.3. The molecule has 20 heavy (non-hydrogen) atoms. The largest absolute Gasteiger partial charge is 0.399 e. The third kappa shape index (κ3) is 3.73. The summed E-state index contributed by atoms with van der Waals surface area (Å²) in [5, 5.41) is 4.09. The number of hydrogen-bond donors (Lipinski definition) is 2. The monoisotopic (exact) mass is 330 g/mol. The second-order valence-corrected chi connectivity index (χ2v) is 7.42. The number of thiophene rings is 1. The van der Waals surface area contributed by atoms with Gasteiger partial charge in [0.1, 0.15) is 4.90 Å². The third-order valence-corrected chi connectivity index (χ3v) is 5.53. The first-order chi connectivity index (χ1) is 9.38. The molecule has 0 radical (unpaired) electrons. The molecule has 0 amide bonds. The second kappa shape index (κ2) is 6.13. The Morgan fingerprint density at radius 2 is 2.15 bits per heavy atom. The lowest BCUT2D eigenvalue weighted by Gasteiger charge is -2.14. The molecule has 108 valence electrons. The summed E-state index contributed by atoms with van der Waals surface area (Å²) >= 11 is 7.53. The van der Waals surface area contributed by atoms with E-state index < -0.39 is 10.0 Å². The number of hydrogen-bond acceptors (Lipinski definition) is 4. The standard InChI is InChI=1S/C13H15ClN2O2S2/c1-9(6-10-4-5-19-8-10)16-20(17,18)13-3-2-11(15)7-12(13)14/h2-5,7-9,16H,6,15H2,1H3. The fraction of sp³-hybridized carbons (Fsp3) is 0.231. The van der Waals surface area contributed by atoms with Crippen molar-refractivity contribution in [1.82, 2.24) is 4.72 Å². The number of sulfonamides is 1. The molecule has 0 aliphatic rings. The van der Waals surface area contributed by atoms with Crippen LogP contribution in [-0.2, 0) is 16.4 Å². The van der Waals surface area contributed by atoms with Gasteiger partial charge in [-0.3, -0.25) is 0 Å². The molecular weight excluding hydrogens is 316 g/mol. The zero-order valence-corrected chi connectivity index (χ0v) is 13.2. The van der Waals surface area contributed by atoms with Gasteiger partial charge < -0.3 is 5.73 Å². The second-order valence-electron chi connectivity index (χ2n) is 4.55. The van der Waals surface area contributed by atoms with Gasteiger partial charge in [-0.25, -0.2) is 13.1 Å². The summed E-state index contributed by atoms with van der Waals surface area (Å²) in [7, 11) is -3.64. The molecule has 1 aromatic heterocycles. The molecule has 0 bridgehead atoms. The Labute approximate surface area is 127 Å². The van der Waals surface area contributed by atoms with Crippen molar-refractivity contribution in [3.63, 3.8) is 0 Å². The van der Waals surface area contributed by atoms with Crippen molar-refractivity contribution in [1.29, 1.82) is 0 Å². The lowest BCUT2D eigenvalue weighted by Crippen LogP contribution is -2.34. The number of benzene rings is 1. The third-order valence-electron chi connectivity index (χ3n) is 2.72. The molecule has 0 saturated carbocycles. The first-order valence-corrected chi connectivity index (χ1v) is 8.77. The minimum Gasteiger partial charge on any atom is -0.399 e. The van der Waals surface area contributed by atoms with Gasteiger partial charge in [-0.2, -0.15) is 11.3 Å². The summed E-state index contributed by atoms with van der Waals surface area (Å²) in [6.45, 7) is 1.82. The van der Waals surface area contributed by atoms with Crippen LogP contribution in [0, 0.1) is 0 Å². The normalized spacial score (nSPS) is 13.3. The highest BCUT2D eigenvalue weighted by molar-refractivity contribution is 7.89. The van der Waals surface area contributed by atoms with Crippen molar-refractivity contribution in [3.8, 4) is 0 Å². The van der Waals surface area contributed by atoms with E-state index in [-0.39, 0.29) is 16.0 Å². The SMILES string of the molecule is CC(Cc1ccsc1)NS(=O)(=O)c1ccc(N)cc1Cl. The van der Waals surface area contributed by atoms with Gasteiger partial charge >= 0.3 is 0 Å². The lowest BCUT2D eigenvalue weighted by atomic mass is 10.1. The van der Waals surface area contributed by atoms with Gasteiger partial charge in [0.05, 0.1) is 5.02 Å². The van der Waals surface area contributed by atoms with Gasteiger partial charge in [-0.05, 0) is 53.9 Å². The number of nitrogens with two attached hydrogens (primary N) is 1. The van der Waals surface area contributed by atoms with Crippen LogP contribution in [-0.4, -0.2) is 14.5 Å². The summed E-state index contributed by atoms with van der Waals surface area (Å²) in [6, 6.07) is 6.12. The van der Waals surface area contributed by atoms with E-state index in [0.717, 1.165) is 5.56 Å². The van der Waals surface area contributed by atoms with E-state index in [1.165, 1.54) is 18.2 Å². The summed E-state index contributed by atoms with van der Waals surface area (Å²) in [6.07, 6.45) is 0.634. The molecule has 0 spiro atoms. The molecule has 3 N–H and O–H groups in total. The van der Waals surface area contributed by atoms with Crippen LogP contribution in [0.2, 0.25) is 5.02 Å². The fourth-order valence-electron chi connectivity index (χ4n) is 1.87. The Hall–Kier alpha value is -1.08. The predicted molar refractivity (Wildman–Crippen MR) is 83.7 cm³/mol. The Morgan fingerprint density at radius 1 is 1.40 bits per heavy atom.